The zero-order chi connectivity index (χ0) is 19.5. The van der Waals surface area contributed by atoms with E-state index in [0.29, 0.717) is 6.54 Å². The first kappa shape index (κ1) is 18.6. The van der Waals surface area contributed by atoms with Gasteiger partial charge in [0.2, 0.25) is 0 Å². The molecule has 0 fully saturated rings. The van der Waals surface area contributed by atoms with Gasteiger partial charge in [0.15, 0.2) is 0 Å². The molecular formula is C23H25FN2O2. The fraction of sp³-hybridized carbons (Fsp3) is 0.304. The average Bonchev–Trinajstić information content (AvgIpc) is 3.09. The molecule has 0 N–H and O–H groups in total. The first-order valence-corrected chi connectivity index (χ1v) is 9.54. The number of hydrogen-bond acceptors (Lipinski definition) is 3. The minimum atomic E-state index is -0.199. The molecule has 0 amide bonds. The lowest BCUT2D eigenvalue weighted by Crippen LogP contribution is -2.29. The molecular weight excluding hydrogens is 355 g/mol. The molecule has 0 unspecified atom stereocenters. The van der Waals surface area contributed by atoms with Crippen LogP contribution in [0.25, 0.3) is 0 Å². The molecule has 4 nitrogen and oxygen atoms in total. The molecule has 1 atom stereocenters. The van der Waals surface area contributed by atoms with Crippen molar-refractivity contribution in [2.45, 2.75) is 25.6 Å². The number of halogens is 1. The first-order chi connectivity index (χ1) is 13.7. The van der Waals surface area contributed by atoms with E-state index in [1.54, 1.807) is 26.4 Å². The van der Waals surface area contributed by atoms with Gasteiger partial charge in [-0.2, -0.15) is 0 Å². The van der Waals surface area contributed by atoms with Crippen molar-refractivity contribution in [2.75, 3.05) is 20.8 Å². The predicted molar refractivity (Wildman–Crippen MR) is 107 cm³/mol. The van der Waals surface area contributed by atoms with Crippen LogP contribution < -0.4 is 9.47 Å². The minimum Gasteiger partial charge on any atom is -0.497 e. The van der Waals surface area contributed by atoms with Crippen LogP contribution in [0, 0.1) is 5.82 Å². The molecule has 0 bridgehead atoms. The van der Waals surface area contributed by atoms with Crippen LogP contribution in [0.15, 0.2) is 60.8 Å². The molecule has 0 radical (unpaired) electrons. The van der Waals surface area contributed by atoms with Gasteiger partial charge in [0, 0.05) is 37.6 Å². The Labute approximate surface area is 165 Å². The highest BCUT2D eigenvalue weighted by Crippen LogP contribution is 2.36. The summed E-state index contributed by atoms with van der Waals surface area (Å²) in [5.74, 6) is 1.33. The summed E-state index contributed by atoms with van der Waals surface area (Å²) in [6.07, 6.45) is 3.17. The summed E-state index contributed by atoms with van der Waals surface area (Å²) < 4.78 is 27.1. The Balaban J connectivity index is 1.79. The van der Waals surface area contributed by atoms with E-state index in [1.165, 1.54) is 11.8 Å². The van der Waals surface area contributed by atoms with Crippen LogP contribution in [0.3, 0.4) is 0 Å². The molecule has 1 aliphatic heterocycles. The molecule has 0 saturated heterocycles. The maximum Gasteiger partial charge on any atom is 0.123 e. The highest BCUT2D eigenvalue weighted by Gasteiger charge is 2.28. The van der Waals surface area contributed by atoms with Gasteiger partial charge in [-0.05, 0) is 53.9 Å². The number of benzene rings is 2. The fourth-order valence-corrected chi connectivity index (χ4v) is 4.05. The summed E-state index contributed by atoms with van der Waals surface area (Å²) in [4.78, 5) is 2.40. The van der Waals surface area contributed by atoms with E-state index in [-0.39, 0.29) is 11.9 Å². The van der Waals surface area contributed by atoms with E-state index in [1.807, 2.05) is 12.1 Å². The van der Waals surface area contributed by atoms with Crippen LogP contribution >= 0.6 is 0 Å². The normalized spacial score (nSPS) is 17.0. The lowest BCUT2D eigenvalue weighted by Gasteiger charge is -2.31. The Morgan fingerprint density at radius 1 is 0.964 bits per heavy atom. The van der Waals surface area contributed by atoms with Gasteiger partial charge in [0.1, 0.15) is 17.3 Å². The molecule has 1 aromatic heterocycles. The van der Waals surface area contributed by atoms with Crippen molar-refractivity contribution in [3.63, 3.8) is 0 Å². The van der Waals surface area contributed by atoms with Crippen molar-refractivity contribution < 1.29 is 13.9 Å². The van der Waals surface area contributed by atoms with Crippen LogP contribution in [0.1, 0.15) is 29.3 Å². The van der Waals surface area contributed by atoms with Gasteiger partial charge in [-0.3, -0.25) is 4.90 Å². The molecule has 5 heteroatoms. The molecule has 0 aliphatic carbocycles. The third kappa shape index (κ3) is 3.76. The van der Waals surface area contributed by atoms with E-state index in [9.17, 15) is 4.39 Å². The molecule has 2 heterocycles. The molecule has 1 aliphatic rings. The molecule has 2 aromatic carbocycles. The zero-order valence-corrected chi connectivity index (χ0v) is 16.3. The summed E-state index contributed by atoms with van der Waals surface area (Å²) in [6, 6.07) is 17.2. The van der Waals surface area contributed by atoms with Gasteiger partial charge < -0.3 is 14.0 Å². The molecule has 0 spiro atoms. The van der Waals surface area contributed by atoms with Crippen molar-refractivity contribution in [1.82, 2.24) is 9.47 Å². The number of aromatic nitrogens is 1. The number of fused-ring (bicyclic) bond motifs is 1. The monoisotopic (exact) mass is 380 g/mol. The van der Waals surface area contributed by atoms with Gasteiger partial charge in [-0.1, -0.05) is 12.1 Å². The van der Waals surface area contributed by atoms with E-state index in [2.05, 4.69) is 39.9 Å². The van der Waals surface area contributed by atoms with Crippen LogP contribution in [-0.4, -0.2) is 30.2 Å². The number of rotatable bonds is 5. The summed E-state index contributed by atoms with van der Waals surface area (Å²) >= 11 is 0. The molecule has 28 heavy (non-hydrogen) atoms. The summed E-state index contributed by atoms with van der Waals surface area (Å²) in [5.41, 5.74) is 3.30. The van der Waals surface area contributed by atoms with Crippen LogP contribution in [0.2, 0.25) is 0 Å². The van der Waals surface area contributed by atoms with Crippen molar-refractivity contribution >= 4 is 0 Å². The van der Waals surface area contributed by atoms with Crippen LogP contribution in [0.5, 0.6) is 11.5 Å². The van der Waals surface area contributed by atoms with Crippen molar-refractivity contribution in [2.24, 2.45) is 0 Å². The van der Waals surface area contributed by atoms with Crippen molar-refractivity contribution in [3.05, 3.63) is 83.4 Å². The smallest absolute Gasteiger partial charge is 0.123 e. The Morgan fingerprint density at radius 2 is 1.75 bits per heavy atom. The van der Waals surface area contributed by atoms with Crippen molar-refractivity contribution in [1.29, 1.82) is 0 Å². The van der Waals surface area contributed by atoms with E-state index in [4.69, 9.17) is 9.47 Å². The third-order valence-electron chi connectivity index (χ3n) is 5.32. The standard InChI is InChI=1S/C23H25FN2O2/c1-27-20-13-18(14-21(15-20)28-2)23-22-8-4-9-25(22)10-5-11-26(23)16-17-6-3-7-19(24)12-17/h3-4,6-9,12-15,23H,5,10-11,16H2,1-2H3/t23-/m0/s1. The van der Waals surface area contributed by atoms with E-state index in [0.717, 1.165) is 42.1 Å². The highest BCUT2D eigenvalue weighted by atomic mass is 19.1. The largest absolute Gasteiger partial charge is 0.497 e. The Hall–Kier alpha value is -2.79. The van der Waals surface area contributed by atoms with Gasteiger partial charge >= 0.3 is 0 Å². The van der Waals surface area contributed by atoms with Gasteiger partial charge in [-0.15, -0.1) is 0 Å². The number of aryl methyl sites for hydroxylation is 1. The van der Waals surface area contributed by atoms with Crippen LogP contribution in [-0.2, 0) is 13.1 Å². The summed E-state index contributed by atoms with van der Waals surface area (Å²) in [7, 11) is 3.33. The Bertz CT molecular complexity index is 931. The van der Waals surface area contributed by atoms with E-state index < -0.39 is 0 Å². The van der Waals surface area contributed by atoms with E-state index >= 15 is 0 Å². The summed E-state index contributed by atoms with van der Waals surface area (Å²) in [6.45, 7) is 2.56. The Morgan fingerprint density at radius 3 is 2.46 bits per heavy atom. The quantitative estimate of drug-likeness (QED) is 0.645. The van der Waals surface area contributed by atoms with Gasteiger partial charge in [0.25, 0.3) is 0 Å². The predicted octanol–water partition coefficient (Wildman–Crippen LogP) is 4.64. The maximum atomic E-state index is 13.8. The number of methoxy groups -OCH3 is 2. The molecule has 146 valence electrons. The number of ether oxygens (including phenoxy) is 2. The second kappa shape index (κ2) is 8.07. The lowest BCUT2D eigenvalue weighted by atomic mass is 10.00. The number of nitrogens with zero attached hydrogens (tertiary/aromatic N) is 2. The zero-order valence-electron chi connectivity index (χ0n) is 16.3. The second-order valence-corrected chi connectivity index (χ2v) is 7.13. The average molecular weight is 380 g/mol. The van der Waals surface area contributed by atoms with Crippen molar-refractivity contribution in [3.8, 4) is 11.5 Å². The lowest BCUT2D eigenvalue weighted by molar-refractivity contribution is 0.219. The maximum absolute atomic E-state index is 13.8. The third-order valence-corrected chi connectivity index (χ3v) is 5.32. The van der Waals surface area contributed by atoms with Gasteiger partial charge in [0.05, 0.1) is 20.3 Å². The fourth-order valence-electron chi connectivity index (χ4n) is 4.05. The van der Waals surface area contributed by atoms with Crippen LogP contribution in [0.4, 0.5) is 4.39 Å². The highest BCUT2D eigenvalue weighted by molar-refractivity contribution is 5.42. The minimum absolute atomic E-state index is 0.0322. The SMILES string of the molecule is COc1cc(OC)cc([C@H]2c3cccn3CCCN2Cc2cccc(F)c2)c1. The summed E-state index contributed by atoms with van der Waals surface area (Å²) in [5, 5.41) is 0. The number of hydrogen-bond donors (Lipinski definition) is 0. The first-order valence-electron chi connectivity index (χ1n) is 9.54. The molecule has 0 saturated carbocycles. The van der Waals surface area contributed by atoms with Gasteiger partial charge in [-0.25, -0.2) is 4.39 Å². The Kier molecular flexibility index (Phi) is 5.35. The molecule has 3 aromatic rings. The molecule has 4 rings (SSSR count). The topological polar surface area (TPSA) is 26.6 Å². The second-order valence-electron chi connectivity index (χ2n) is 7.13.